The lowest BCUT2D eigenvalue weighted by atomic mass is 10.2. The van der Waals surface area contributed by atoms with Crippen LogP contribution < -0.4 is 10.1 Å². The number of carbonyl (C=O) groups is 2. The van der Waals surface area contributed by atoms with Crippen molar-refractivity contribution >= 4 is 17.6 Å². The molecule has 0 aromatic heterocycles. The van der Waals surface area contributed by atoms with E-state index >= 15 is 0 Å². The van der Waals surface area contributed by atoms with Crippen molar-refractivity contribution in [2.75, 3.05) is 26.1 Å². The highest BCUT2D eigenvalue weighted by Gasteiger charge is 2.19. The van der Waals surface area contributed by atoms with E-state index < -0.39 is 11.9 Å². The lowest BCUT2D eigenvalue weighted by Gasteiger charge is -2.08. The molecule has 6 nitrogen and oxygen atoms in total. The number of methoxy groups -OCH3 is 2. The fourth-order valence-electron chi connectivity index (χ4n) is 1.77. The van der Waals surface area contributed by atoms with E-state index in [4.69, 9.17) is 4.74 Å². The van der Waals surface area contributed by atoms with E-state index in [2.05, 4.69) is 21.7 Å². The number of benzene rings is 1. The highest BCUT2D eigenvalue weighted by Crippen LogP contribution is 2.16. The number of nitrogens with one attached hydrogen (secondary N) is 1. The zero-order valence-corrected chi connectivity index (χ0v) is 13.8. The van der Waals surface area contributed by atoms with Crippen LogP contribution in [0, 0.1) is 0 Å². The van der Waals surface area contributed by atoms with Crippen LogP contribution in [-0.2, 0) is 19.1 Å². The minimum atomic E-state index is -0.764. The van der Waals surface area contributed by atoms with E-state index in [1.807, 2.05) is 12.1 Å². The van der Waals surface area contributed by atoms with Gasteiger partial charge in [-0.15, -0.1) is 0 Å². The molecule has 0 amide bonds. The first-order valence-electron chi connectivity index (χ1n) is 7.48. The van der Waals surface area contributed by atoms with Crippen molar-refractivity contribution in [3.63, 3.8) is 0 Å². The van der Waals surface area contributed by atoms with Crippen LogP contribution in [0.2, 0.25) is 0 Å². The standard InChI is InChI=1S/C17H23NO5/c1-4-5-6-11-23-14-9-7-13(8-10-14)18-12-15(16(19)21-2)17(20)22-3/h7-10,12,18H,4-6,11H2,1-3H3. The fraction of sp³-hybridized carbons (Fsp3) is 0.412. The van der Waals surface area contributed by atoms with Gasteiger partial charge in [0.25, 0.3) is 0 Å². The molecule has 0 fully saturated rings. The number of anilines is 1. The highest BCUT2D eigenvalue weighted by atomic mass is 16.5. The number of carbonyl (C=O) groups excluding carboxylic acids is 2. The Morgan fingerprint density at radius 3 is 2.17 bits per heavy atom. The summed E-state index contributed by atoms with van der Waals surface area (Å²) in [6, 6.07) is 7.21. The monoisotopic (exact) mass is 321 g/mol. The maximum absolute atomic E-state index is 11.5. The largest absolute Gasteiger partial charge is 0.494 e. The molecule has 1 aromatic carbocycles. The van der Waals surface area contributed by atoms with Crippen LogP contribution >= 0.6 is 0 Å². The van der Waals surface area contributed by atoms with Gasteiger partial charge in [0.15, 0.2) is 5.57 Å². The molecule has 0 spiro atoms. The Hall–Kier alpha value is -2.50. The van der Waals surface area contributed by atoms with Gasteiger partial charge in [-0.2, -0.15) is 0 Å². The van der Waals surface area contributed by atoms with Crippen LogP contribution in [0.4, 0.5) is 5.69 Å². The summed E-state index contributed by atoms with van der Waals surface area (Å²) in [5.74, 6) is -0.753. The summed E-state index contributed by atoms with van der Waals surface area (Å²) >= 11 is 0. The second-order valence-electron chi connectivity index (χ2n) is 4.77. The van der Waals surface area contributed by atoms with Crippen LogP contribution in [0.5, 0.6) is 5.75 Å². The van der Waals surface area contributed by atoms with Gasteiger partial charge < -0.3 is 19.5 Å². The summed E-state index contributed by atoms with van der Waals surface area (Å²) in [6.45, 7) is 2.83. The number of esters is 2. The number of unbranched alkanes of at least 4 members (excludes halogenated alkanes) is 2. The third-order valence-corrected chi connectivity index (χ3v) is 3.06. The molecule has 0 aliphatic carbocycles. The van der Waals surface area contributed by atoms with Gasteiger partial charge >= 0.3 is 11.9 Å². The molecule has 1 aromatic rings. The second kappa shape index (κ2) is 10.3. The summed E-state index contributed by atoms with van der Waals surface area (Å²) in [5, 5.41) is 2.86. The van der Waals surface area contributed by atoms with Gasteiger partial charge in [-0.1, -0.05) is 19.8 Å². The van der Waals surface area contributed by atoms with E-state index in [1.165, 1.54) is 20.4 Å². The summed E-state index contributed by atoms with van der Waals surface area (Å²) in [4.78, 5) is 23.0. The normalized spacial score (nSPS) is 9.70. The molecule has 0 unspecified atom stereocenters. The first-order chi connectivity index (χ1) is 11.1. The molecule has 126 valence electrons. The van der Waals surface area contributed by atoms with Gasteiger partial charge in [0, 0.05) is 11.9 Å². The van der Waals surface area contributed by atoms with Gasteiger partial charge in [0.05, 0.1) is 20.8 Å². The minimum Gasteiger partial charge on any atom is -0.494 e. The molecule has 1 N–H and O–H groups in total. The minimum absolute atomic E-state index is 0.213. The molecule has 0 aliphatic rings. The smallest absolute Gasteiger partial charge is 0.346 e. The number of hydrogen-bond donors (Lipinski definition) is 1. The third kappa shape index (κ3) is 6.42. The molecule has 0 atom stereocenters. The Morgan fingerprint density at radius 1 is 1.04 bits per heavy atom. The molecule has 0 saturated heterocycles. The molecule has 23 heavy (non-hydrogen) atoms. The van der Waals surface area contributed by atoms with Crippen LogP contribution in [0.3, 0.4) is 0 Å². The van der Waals surface area contributed by atoms with Crippen molar-refractivity contribution in [1.29, 1.82) is 0 Å². The van der Waals surface area contributed by atoms with Crippen molar-refractivity contribution < 1.29 is 23.8 Å². The van der Waals surface area contributed by atoms with E-state index in [0.717, 1.165) is 25.0 Å². The van der Waals surface area contributed by atoms with E-state index in [1.54, 1.807) is 12.1 Å². The highest BCUT2D eigenvalue weighted by molar-refractivity contribution is 6.14. The number of rotatable bonds is 9. The first kappa shape index (κ1) is 18.5. The van der Waals surface area contributed by atoms with Gasteiger partial charge in [0.1, 0.15) is 5.75 Å². The molecular weight excluding hydrogens is 298 g/mol. The summed E-state index contributed by atoms with van der Waals surface area (Å²) in [5.41, 5.74) is 0.492. The van der Waals surface area contributed by atoms with Crippen molar-refractivity contribution in [3.05, 3.63) is 36.0 Å². The van der Waals surface area contributed by atoms with Crippen LogP contribution in [0.15, 0.2) is 36.0 Å². The van der Waals surface area contributed by atoms with Gasteiger partial charge in [0.2, 0.25) is 0 Å². The van der Waals surface area contributed by atoms with Crippen molar-refractivity contribution in [2.45, 2.75) is 26.2 Å². The van der Waals surface area contributed by atoms with Gasteiger partial charge in [-0.25, -0.2) is 9.59 Å². The zero-order valence-electron chi connectivity index (χ0n) is 13.8. The predicted octanol–water partition coefficient (Wildman–Crippen LogP) is 2.90. The topological polar surface area (TPSA) is 73.9 Å². The maximum Gasteiger partial charge on any atom is 0.346 e. The number of ether oxygens (including phenoxy) is 3. The van der Waals surface area contributed by atoms with Gasteiger partial charge in [-0.05, 0) is 30.7 Å². The van der Waals surface area contributed by atoms with Crippen molar-refractivity contribution in [1.82, 2.24) is 0 Å². The Balaban J connectivity index is 2.63. The Morgan fingerprint density at radius 2 is 1.65 bits per heavy atom. The Bertz CT molecular complexity index is 518. The second-order valence-corrected chi connectivity index (χ2v) is 4.77. The molecule has 6 heteroatoms. The average molecular weight is 321 g/mol. The lowest BCUT2D eigenvalue weighted by molar-refractivity contribution is -0.144. The molecule has 0 radical (unpaired) electrons. The maximum atomic E-state index is 11.5. The molecule has 0 bridgehead atoms. The van der Waals surface area contributed by atoms with E-state index in [9.17, 15) is 9.59 Å². The van der Waals surface area contributed by atoms with Crippen LogP contribution in [-0.4, -0.2) is 32.8 Å². The molecule has 0 heterocycles. The molecule has 1 rings (SSSR count). The number of hydrogen-bond acceptors (Lipinski definition) is 6. The SMILES string of the molecule is CCCCCOc1ccc(NC=C(C(=O)OC)C(=O)OC)cc1. The summed E-state index contributed by atoms with van der Waals surface area (Å²) in [7, 11) is 2.40. The van der Waals surface area contributed by atoms with E-state index in [0.29, 0.717) is 12.3 Å². The van der Waals surface area contributed by atoms with Crippen molar-refractivity contribution in [2.24, 2.45) is 0 Å². The Kier molecular flexibility index (Phi) is 8.28. The lowest BCUT2D eigenvalue weighted by Crippen LogP contribution is -2.17. The molecule has 0 aliphatic heterocycles. The Labute approximate surface area is 136 Å². The predicted molar refractivity (Wildman–Crippen MR) is 87.2 cm³/mol. The average Bonchev–Trinajstić information content (AvgIpc) is 2.59. The van der Waals surface area contributed by atoms with Gasteiger partial charge in [-0.3, -0.25) is 0 Å². The molecular formula is C17H23NO5. The van der Waals surface area contributed by atoms with E-state index in [-0.39, 0.29) is 5.57 Å². The van der Waals surface area contributed by atoms with Crippen molar-refractivity contribution in [3.8, 4) is 5.75 Å². The third-order valence-electron chi connectivity index (χ3n) is 3.06. The zero-order chi connectivity index (χ0) is 17.1. The fourth-order valence-corrected chi connectivity index (χ4v) is 1.77. The summed E-state index contributed by atoms with van der Waals surface area (Å²) < 4.78 is 14.7. The first-order valence-corrected chi connectivity index (χ1v) is 7.48. The quantitative estimate of drug-likeness (QED) is 0.248. The molecule has 0 saturated carbocycles. The van der Waals surface area contributed by atoms with Crippen LogP contribution in [0.25, 0.3) is 0 Å². The van der Waals surface area contributed by atoms with Crippen LogP contribution in [0.1, 0.15) is 26.2 Å². The summed E-state index contributed by atoms with van der Waals surface area (Å²) in [6.07, 6.45) is 4.59.